The van der Waals surface area contributed by atoms with Gasteiger partial charge in [0.25, 0.3) is 0 Å². The van der Waals surface area contributed by atoms with Gasteiger partial charge < -0.3 is 9.84 Å². The van der Waals surface area contributed by atoms with Crippen LogP contribution < -0.4 is 0 Å². The summed E-state index contributed by atoms with van der Waals surface area (Å²) in [6.07, 6.45) is 4.07. The van der Waals surface area contributed by atoms with Gasteiger partial charge >= 0.3 is 5.97 Å². The van der Waals surface area contributed by atoms with Crippen LogP contribution in [-0.4, -0.2) is 23.2 Å². The average molecular weight is 179 g/mol. The summed E-state index contributed by atoms with van der Waals surface area (Å²) >= 11 is 0. The number of rotatable bonds is 2. The number of esters is 1. The summed E-state index contributed by atoms with van der Waals surface area (Å²) in [6, 6.07) is 3.08. The lowest BCUT2D eigenvalue weighted by Gasteiger charge is -1.92. The van der Waals surface area contributed by atoms with Crippen molar-refractivity contribution in [3.63, 3.8) is 0 Å². The molecule has 0 bridgehead atoms. The lowest BCUT2D eigenvalue weighted by molar-refractivity contribution is -0.134. The topological polar surface area (TPSA) is 59.4 Å². The van der Waals surface area contributed by atoms with Crippen molar-refractivity contribution in [2.45, 2.75) is 0 Å². The van der Waals surface area contributed by atoms with Crippen molar-refractivity contribution >= 4 is 12.0 Å². The van der Waals surface area contributed by atoms with E-state index in [0.29, 0.717) is 5.69 Å². The van der Waals surface area contributed by atoms with E-state index >= 15 is 0 Å². The van der Waals surface area contributed by atoms with Crippen molar-refractivity contribution < 1.29 is 14.6 Å². The SMILES string of the molecule is COC(=O)C=Cc1ccc(O)cn1. The van der Waals surface area contributed by atoms with Crippen LogP contribution in [0.25, 0.3) is 6.08 Å². The van der Waals surface area contributed by atoms with Crippen molar-refractivity contribution in [2.24, 2.45) is 0 Å². The normalized spacial score (nSPS) is 10.2. The highest BCUT2D eigenvalue weighted by molar-refractivity contribution is 5.86. The number of ether oxygens (including phenoxy) is 1. The summed E-state index contributed by atoms with van der Waals surface area (Å²) < 4.78 is 4.39. The van der Waals surface area contributed by atoms with Crippen LogP contribution in [0.3, 0.4) is 0 Å². The number of methoxy groups -OCH3 is 1. The standard InChI is InChI=1S/C9H9NO3/c1-13-9(12)5-3-7-2-4-8(11)6-10-7/h2-6,11H,1H3. The first-order valence-corrected chi connectivity index (χ1v) is 3.63. The zero-order valence-corrected chi connectivity index (χ0v) is 7.10. The van der Waals surface area contributed by atoms with E-state index in [1.54, 1.807) is 6.07 Å². The summed E-state index contributed by atoms with van der Waals surface area (Å²) in [5.74, 6) is -0.343. The Morgan fingerprint density at radius 1 is 1.62 bits per heavy atom. The van der Waals surface area contributed by atoms with Gasteiger partial charge in [-0.1, -0.05) is 0 Å². The summed E-state index contributed by atoms with van der Waals surface area (Å²) in [7, 11) is 1.30. The van der Waals surface area contributed by atoms with Gasteiger partial charge in [-0.2, -0.15) is 0 Å². The molecule has 0 fully saturated rings. The Hall–Kier alpha value is -1.84. The third-order valence-corrected chi connectivity index (χ3v) is 1.36. The highest BCUT2D eigenvalue weighted by Crippen LogP contribution is 2.06. The number of carbonyl (C=O) groups is 1. The van der Waals surface area contributed by atoms with Crippen molar-refractivity contribution in [1.29, 1.82) is 0 Å². The molecule has 0 saturated heterocycles. The van der Waals surface area contributed by atoms with Crippen molar-refractivity contribution in [2.75, 3.05) is 7.11 Å². The predicted octanol–water partition coefficient (Wildman–Crippen LogP) is 0.973. The zero-order valence-electron chi connectivity index (χ0n) is 7.10. The van der Waals surface area contributed by atoms with E-state index in [1.807, 2.05) is 0 Å². The van der Waals surface area contributed by atoms with Crippen molar-refractivity contribution in [1.82, 2.24) is 4.98 Å². The van der Waals surface area contributed by atoms with Crippen LogP contribution in [0.15, 0.2) is 24.4 Å². The first kappa shape index (κ1) is 9.25. The molecule has 0 aliphatic rings. The molecule has 0 aliphatic heterocycles. The molecular weight excluding hydrogens is 170 g/mol. The highest BCUT2D eigenvalue weighted by atomic mass is 16.5. The molecular formula is C9H9NO3. The van der Waals surface area contributed by atoms with Crippen LogP contribution >= 0.6 is 0 Å². The summed E-state index contributed by atoms with van der Waals surface area (Å²) in [4.78, 5) is 14.5. The van der Waals surface area contributed by atoms with Gasteiger partial charge in [0.05, 0.1) is 19.0 Å². The van der Waals surface area contributed by atoms with Gasteiger partial charge in [-0.3, -0.25) is 4.98 Å². The van der Waals surface area contributed by atoms with Gasteiger partial charge in [0, 0.05) is 6.08 Å². The molecule has 1 heterocycles. The first-order valence-electron chi connectivity index (χ1n) is 3.63. The molecule has 0 aromatic carbocycles. The van der Waals surface area contributed by atoms with Crippen LogP contribution in [0.1, 0.15) is 5.69 Å². The Kier molecular flexibility index (Phi) is 3.03. The third-order valence-electron chi connectivity index (χ3n) is 1.36. The second-order valence-corrected chi connectivity index (χ2v) is 2.30. The Morgan fingerprint density at radius 3 is 2.92 bits per heavy atom. The largest absolute Gasteiger partial charge is 0.506 e. The van der Waals surface area contributed by atoms with Crippen molar-refractivity contribution in [3.05, 3.63) is 30.1 Å². The van der Waals surface area contributed by atoms with Gasteiger partial charge in [-0.25, -0.2) is 4.79 Å². The molecule has 68 valence electrons. The Balaban J connectivity index is 2.69. The van der Waals surface area contributed by atoms with E-state index in [-0.39, 0.29) is 5.75 Å². The van der Waals surface area contributed by atoms with Crippen LogP contribution in [0, 0.1) is 0 Å². The van der Waals surface area contributed by atoms with E-state index in [4.69, 9.17) is 5.11 Å². The lowest BCUT2D eigenvalue weighted by Crippen LogP contribution is -1.93. The number of pyridine rings is 1. The number of aromatic hydroxyl groups is 1. The molecule has 0 saturated carbocycles. The molecule has 4 heteroatoms. The molecule has 4 nitrogen and oxygen atoms in total. The van der Waals surface area contributed by atoms with E-state index in [1.165, 1.54) is 31.5 Å². The average Bonchev–Trinajstić information content (AvgIpc) is 2.16. The fourth-order valence-corrected chi connectivity index (χ4v) is 0.718. The highest BCUT2D eigenvalue weighted by Gasteiger charge is 1.92. The predicted molar refractivity (Wildman–Crippen MR) is 47.0 cm³/mol. The second-order valence-electron chi connectivity index (χ2n) is 2.30. The minimum atomic E-state index is -0.435. The number of carbonyl (C=O) groups excluding carboxylic acids is 1. The zero-order chi connectivity index (χ0) is 9.68. The molecule has 0 spiro atoms. The minimum Gasteiger partial charge on any atom is -0.506 e. The quantitative estimate of drug-likeness (QED) is 0.543. The number of hydrogen-bond acceptors (Lipinski definition) is 4. The molecule has 1 aromatic heterocycles. The van der Waals surface area contributed by atoms with Crippen LogP contribution in [-0.2, 0) is 9.53 Å². The molecule has 1 aromatic rings. The maximum absolute atomic E-state index is 10.7. The van der Waals surface area contributed by atoms with Gasteiger partial charge in [0.2, 0.25) is 0 Å². The maximum atomic E-state index is 10.7. The van der Waals surface area contributed by atoms with Gasteiger partial charge in [-0.05, 0) is 18.2 Å². The lowest BCUT2D eigenvalue weighted by atomic mass is 10.3. The smallest absolute Gasteiger partial charge is 0.330 e. The molecule has 13 heavy (non-hydrogen) atoms. The van der Waals surface area contributed by atoms with E-state index in [9.17, 15) is 4.79 Å². The molecule has 0 amide bonds. The Morgan fingerprint density at radius 2 is 2.38 bits per heavy atom. The number of hydrogen-bond donors (Lipinski definition) is 1. The fraction of sp³-hybridized carbons (Fsp3) is 0.111. The molecule has 0 atom stereocenters. The van der Waals surface area contributed by atoms with Gasteiger partial charge in [-0.15, -0.1) is 0 Å². The fourth-order valence-electron chi connectivity index (χ4n) is 0.718. The first-order chi connectivity index (χ1) is 6.22. The number of nitrogens with zero attached hydrogens (tertiary/aromatic N) is 1. The minimum absolute atomic E-state index is 0.0928. The molecule has 0 aliphatic carbocycles. The summed E-state index contributed by atoms with van der Waals surface area (Å²) in [6.45, 7) is 0. The Bertz CT molecular complexity index is 316. The molecule has 1 N–H and O–H groups in total. The molecule has 0 unspecified atom stereocenters. The number of aromatic nitrogens is 1. The van der Waals surface area contributed by atoms with E-state index in [0.717, 1.165) is 0 Å². The van der Waals surface area contributed by atoms with E-state index < -0.39 is 5.97 Å². The van der Waals surface area contributed by atoms with Crippen LogP contribution in [0.5, 0.6) is 5.75 Å². The van der Waals surface area contributed by atoms with E-state index in [2.05, 4.69) is 9.72 Å². The van der Waals surface area contributed by atoms with Crippen molar-refractivity contribution in [3.8, 4) is 5.75 Å². The Labute approximate surface area is 75.5 Å². The van der Waals surface area contributed by atoms with Gasteiger partial charge in [0.15, 0.2) is 0 Å². The van der Waals surface area contributed by atoms with Crippen LogP contribution in [0.4, 0.5) is 0 Å². The molecule has 1 rings (SSSR count). The second kappa shape index (κ2) is 4.25. The maximum Gasteiger partial charge on any atom is 0.330 e. The van der Waals surface area contributed by atoms with Crippen LogP contribution in [0.2, 0.25) is 0 Å². The third kappa shape index (κ3) is 2.94. The molecule has 0 radical (unpaired) electrons. The summed E-state index contributed by atoms with van der Waals surface area (Å²) in [5.41, 5.74) is 0.586. The monoisotopic (exact) mass is 179 g/mol. The van der Waals surface area contributed by atoms with Gasteiger partial charge in [0.1, 0.15) is 5.75 Å². The summed E-state index contributed by atoms with van der Waals surface area (Å²) in [5, 5.41) is 8.90.